The molecule has 2 aromatic carbocycles. The van der Waals surface area contributed by atoms with E-state index >= 15 is 0 Å². The topological polar surface area (TPSA) is 75.6 Å². The van der Waals surface area contributed by atoms with E-state index in [1.54, 1.807) is 30.3 Å². The lowest BCUT2D eigenvalue weighted by Gasteiger charge is -2.12. The Hall–Kier alpha value is -3.48. The number of methoxy groups -OCH3 is 3. The standard InChI is InChI=1S/C21H21NO6/c1-5-27-16-9-7-6-8-14(16)20-22-15(21(23)28-20)10-13-11-17(24-2)19(26-4)18(12-13)25-3/h6-12H,5H2,1-4H3/b15-10+. The first-order valence-electron chi connectivity index (χ1n) is 8.66. The van der Waals surface area contributed by atoms with Crippen LogP contribution in [0.15, 0.2) is 47.1 Å². The molecule has 0 unspecified atom stereocenters. The van der Waals surface area contributed by atoms with Crippen LogP contribution >= 0.6 is 0 Å². The molecule has 2 aromatic rings. The summed E-state index contributed by atoms with van der Waals surface area (Å²) in [5.41, 5.74) is 1.44. The molecule has 0 radical (unpaired) electrons. The lowest BCUT2D eigenvalue weighted by atomic mass is 10.1. The van der Waals surface area contributed by atoms with Crippen LogP contribution in [0.1, 0.15) is 18.1 Å². The largest absolute Gasteiger partial charge is 0.493 e. The summed E-state index contributed by atoms with van der Waals surface area (Å²) < 4.78 is 26.9. The molecule has 7 nitrogen and oxygen atoms in total. The second-order valence-corrected chi connectivity index (χ2v) is 5.72. The van der Waals surface area contributed by atoms with Gasteiger partial charge in [0.1, 0.15) is 5.75 Å². The summed E-state index contributed by atoms with van der Waals surface area (Å²) in [6.45, 7) is 2.38. The summed E-state index contributed by atoms with van der Waals surface area (Å²) in [7, 11) is 4.58. The Morgan fingerprint density at radius 3 is 2.29 bits per heavy atom. The normalized spacial score (nSPS) is 14.5. The van der Waals surface area contributed by atoms with Gasteiger partial charge in [-0.2, -0.15) is 0 Å². The lowest BCUT2D eigenvalue weighted by Crippen LogP contribution is -2.07. The number of esters is 1. The molecule has 28 heavy (non-hydrogen) atoms. The predicted molar refractivity (Wildman–Crippen MR) is 104 cm³/mol. The third kappa shape index (κ3) is 3.78. The Morgan fingerprint density at radius 2 is 1.68 bits per heavy atom. The number of carbonyl (C=O) groups excluding carboxylic acids is 1. The smallest absolute Gasteiger partial charge is 0.363 e. The molecule has 1 heterocycles. The molecular formula is C21H21NO6. The number of rotatable bonds is 7. The molecule has 0 atom stereocenters. The van der Waals surface area contributed by atoms with Gasteiger partial charge in [-0.15, -0.1) is 0 Å². The van der Waals surface area contributed by atoms with E-state index in [0.29, 0.717) is 40.7 Å². The van der Waals surface area contributed by atoms with Crippen LogP contribution in [0.2, 0.25) is 0 Å². The minimum Gasteiger partial charge on any atom is -0.493 e. The van der Waals surface area contributed by atoms with Crippen molar-refractivity contribution in [2.24, 2.45) is 4.99 Å². The summed E-state index contributed by atoms with van der Waals surface area (Å²) >= 11 is 0. The van der Waals surface area contributed by atoms with Gasteiger partial charge >= 0.3 is 5.97 Å². The van der Waals surface area contributed by atoms with Gasteiger partial charge in [-0.25, -0.2) is 9.79 Å². The fourth-order valence-corrected chi connectivity index (χ4v) is 2.79. The molecule has 7 heteroatoms. The molecule has 0 bridgehead atoms. The summed E-state index contributed by atoms with van der Waals surface area (Å²) in [4.78, 5) is 16.7. The van der Waals surface area contributed by atoms with Gasteiger partial charge in [0.05, 0.1) is 33.5 Å². The molecule has 1 aliphatic heterocycles. The van der Waals surface area contributed by atoms with Crippen molar-refractivity contribution < 1.29 is 28.5 Å². The number of nitrogens with zero attached hydrogens (tertiary/aromatic N) is 1. The number of ether oxygens (including phenoxy) is 5. The van der Waals surface area contributed by atoms with E-state index in [9.17, 15) is 4.79 Å². The maximum absolute atomic E-state index is 12.3. The molecule has 0 spiro atoms. The average Bonchev–Trinajstić information content (AvgIpc) is 3.07. The minimum absolute atomic E-state index is 0.163. The van der Waals surface area contributed by atoms with Crippen LogP contribution in [0.25, 0.3) is 6.08 Å². The van der Waals surface area contributed by atoms with Gasteiger partial charge in [0, 0.05) is 0 Å². The Labute approximate surface area is 163 Å². The third-order valence-electron chi connectivity index (χ3n) is 4.03. The molecule has 3 rings (SSSR count). The maximum Gasteiger partial charge on any atom is 0.363 e. The zero-order chi connectivity index (χ0) is 20.1. The van der Waals surface area contributed by atoms with Crippen LogP contribution < -0.4 is 18.9 Å². The summed E-state index contributed by atoms with van der Waals surface area (Å²) in [6, 6.07) is 10.7. The van der Waals surface area contributed by atoms with Gasteiger partial charge in [-0.05, 0) is 42.8 Å². The highest BCUT2D eigenvalue weighted by atomic mass is 16.6. The van der Waals surface area contributed by atoms with E-state index in [2.05, 4.69) is 4.99 Å². The first kappa shape index (κ1) is 19.3. The van der Waals surface area contributed by atoms with Crippen LogP contribution in [0.5, 0.6) is 23.0 Å². The Kier molecular flexibility index (Phi) is 5.84. The fourth-order valence-electron chi connectivity index (χ4n) is 2.79. The van der Waals surface area contributed by atoms with Crippen LogP contribution in [0, 0.1) is 0 Å². The van der Waals surface area contributed by atoms with E-state index in [4.69, 9.17) is 23.7 Å². The molecular weight excluding hydrogens is 362 g/mol. The second-order valence-electron chi connectivity index (χ2n) is 5.72. The van der Waals surface area contributed by atoms with Crippen LogP contribution in [0.3, 0.4) is 0 Å². The van der Waals surface area contributed by atoms with E-state index in [1.165, 1.54) is 21.3 Å². The molecule has 0 saturated carbocycles. The van der Waals surface area contributed by atoms with Gasteiger partial charge < -0.3 is 23.7 Å². The van der Waals surface area contributed by atoms with Crippen molar-refractivity contribution in [3.05, 3.63) is 53.2 Å². The number of para-hydroxylation sites is 1. The first-order chi connectivity index (χ1) is 13.6. The van der Waals surface area contributed by atoms with Crippen molar-refractivity contribution in [2.45, 2.75) is 6.92 Å². The highest BCUT2D eigenvalue weighted by molar-refractivity contribution is 6.13. The SMILES string of the molecule is CCOc1ccccc1C1=N/C(=C/c2cc(OC)c(OC)c(OC)c2)C(=O)O1. The molecule has 0 amide bonds. The van der Waals surface area contributed by atoms with Gasteiger partial charge in [-0.3, -0.25) is 0 Å². The highest BCUT2D eigenvalue weighted by Crippen LogP contribution is 2.39. The van der Waals surface area contributed by atoms with Crippen molar-refractivity contribution in [3.8, 4) is 23.0 Å². The molecule has 0 saturated heterocycles. The molecule has 0 aliphatic carbocycles. The number of hydrogen-bond acceptors (Lipinski definition) is 7. The summed E-state index contributed by atoms with van der Waals surface area (Å²) in [6.07, 6.45) is 1.60. The number of aliphatic imine (C=N–C) groups is 1. The Balaban J connectivity index is 2.01. The zero-order valence-electron chi connectivity index (χ0n) is 16.1. The van der Waals surface area contributed by atoms with Crippen molar-refractivity contribution in [1.82, 2.24) is 0 Å². The molecule has 0 aromatic heterocycles. The molecule has 1 aliphatic rings. The van der Waals surface area contributed by atoms with Crippen molar-refractivity contribution in [3.63, 3.8) is 0 Å². The number of benzene rings is 2. The van der Waals surface area contributed by atoms with Crippen molar-refractivity contribution >= 4 is 17.9 Å². The van der Waals surface area contributed by atoms with Crippen LogP contribution in [-0.4, -0.2) is 39.8 Å². The predicted octanol–water partition coefficient (Wildman–Crippen LogP) is 3.46. The van der Waals surface area contributed by atoms with Crippen molar-refractivity contribution in [2.75, 3.05) is 27.9 Å². The monoisotopic (exact) mass is 383 g/mol. The zero-order valence-corrected chi connectivity index (χ0v) is 16.1. The maximum atomic E-state index is 12.3. The summed E-state index contributed by atoms with van der Waals surface area (Å²) in [5, 5.41) is 0. The number of carbonyl (C=O) groups is 1. The molecule has 146 valence electrons. The van der Waals surface area contributed by atoms with E-state index in [0.717, 1.165) is 0 Å². The number of hydrogen-bond donors (Lipinski definition) is 0. The van der Waals surface area contributed by atoms with Gasteiger partial charge in [0.15, 0.2) is 17.2 Å². The van der Waals surface area contributed by atoms with E-state index < -0.39 is 5.97 Å². The third-order valence-corrected chi connectivity index (χ3v) is 4.03. The van der Waals surface area contributed by atoms with Gasteiger partial charge in [0.2, 0.25) is 11.6 Å². The van der Waals surface area contributed by atoms with Crippen LogP contribution in [0.4, 0.5) is 0 Å². The van der Waals surface area contributed by atoms with Crippen molar-refractivity contribution in [1.29, 1.82) is 0 Å². The van der Waals surface area contributed by atoms with E-state index in [-0.39, 0.29) is 11.6 Å². The Morgan fingerprint density at radius 1 is 1.00 bits per heavy atom. The van der Waals surface area contributed by atoms with E-state index in [1.807, 2.05) is 19.1 Å². The van der Waals surface area contributed by atoms with Gasteiger partial charge in [0.25, 0.3) is 0 Å². The van der Waals surface area contributed by atoms with Crippen LogP contribution in [-0.2, 0) is 9.53 Å². The lowest BCUT2D eigenvalue weighted by molar-refractivity contribution is -0.129. The average molecular weight is 383 g/mol. The quantitative estimate of drug-likeness (QED) is 0.538. The molecule has 0 fully saturated rings. The fraction of sp³-hybridized carbons (Fsp3) is 0.238. The number of cyclic esters (lactones) is 1. The van der Waals surface area contributed by atoms with Gasteiger partial charge in [-0.1, -0.05) is 12.1 Å². The Bertz CT molecular complexity index is 923. The summed E-state index contributed by atoms with van der Waals surface area (Å²) in [5.74, 6) is 1.68. The minimum atomic E-state index is -0.546. The first-order valence-corrected chi connectivity index (χ1v) is 8.66. The molecule has 0 N–H and O–H groups in total. The second kappa shape index (κ2) is 8.47. The highest BCUT2D eigenvalue weighted by Gasteiger charge is 2.26.